The van der Waals surface area contributed by atoms with Crippen LogP contribution in [0, 0.1) is 11.8 Å². The van der Waals surface area contributed by atoms with Crippen molar-refractivity contribution in [1.29, 1.82) is 0 Å². The topological polar surface area (TPSA) is 81.6 Å². The second-order valence-corrected chi connectivity index (χ2v) is 10.2. The summed E-state index contributed by atoms with van der Waals surface area (Å²) in [6.07, 6.45) is 0.760. The smallest absolute Gasteiger partial charge is 0.142 e. The molecule has 8 nitrogen and oxygen atoms in total. The minimum Gasteiger partial charge on any atom is -0.490 e. The van der Waals surface area contributed by atoms with Crippen molar-refractivity contribution in [2.45, 2.75) is 38.0 Å². The first-order valence-electron chi connectivity index (χ1n) is 13.6. The highest BCUT2D eigenvalue weighted by Crippen LogP contribution is 2.35. The van der Waals surface area contributed by atoms with Crippen LogP contribution in [0.25, 0.3) is 0 Å². The predicted octanol–water partition coefficient (Wildman–Crippen LogP) is 5.43. The van der Waals surface area contributed by atoms with Crippen LogP contribution in [0.3, 0.4) is 0 Å². The molecule has 2 aliphatic rings. The van der Waals surface area contributed by atoms with Gasteiger partial charge in [0.2, 0.25) is 0 Å². The van der Waals surface area contributed by atoms with Gasteiger partial charge in [0, 0.05) is 39.3 Å². The number of fused-ring (bicyclic) bond motifs is 1. The first kappa shape index (κ1) is 27.1. The minimum absolute atomic E-state index is 0.150. The van der Waals surface area contributed by atoms with E-state index < -0.39 is 6.04 Å². The molecule has 0 aromatic heterocycles. The van der Waals surface area contributed by atoms with Gasteiger partial charge in [0.1, 0.15) is 29.9 Å². The average Bonchev–Trinajstić information content (AvgIpc) is 2.96. The lowest BCUT2D eigenvalue weighted by molar-refractivity contribution is 0.00539. The Balaban J connectivity index is 1.28. The summed E-state index contributed by atoms with van der Waals surface area (Å²) < 4.78 is 23.6. The van der Waals surface area contributed by atoms with Gasteiger partial charge in [-0.3, -0.25) is 0 Å². The first-order chi connectivity index (χ1) is 19.1. The minimum atomic E-state index is -0.416. The Morgan fingerprint density at radius 1 is 1.05 bits per heavy atom. The Morgan fingerprint density at radius 3 is 2.72 bits per heavy atom. The third kappa shape index (κ3) is 6.76. The number of anilines is 1. The van der Waals surface area contributed by atoms with Gasteiger partial charge in [0.25, 0.3) is 0 Å². The Hall–Kier alpha value is -3.46. The number of methoxy groups -OCH3 is 1. The number of nitrogens with one attached hydrogen (secondary N) is 1. The van der Waals surface area contributed by atoms with Crippen LogP contribution in [0.4, 0.5) is 5.69 Å². The number of rotatable bonds is 11. The first-order valence-corrected chi connectivity index (χ1v) is 13.6. The largest absolute Gasteiger partial charge is 0.490 e. The van der Waals surface area contributed by atoms with Crippen LogP contribution in [0.2, 0.25) is 0 Å². The molecule has 2 heterocycles. The SMILES string of the molecule is COCCCN1CCOc2ccc(CO[C@H]3CNC[C@@H](N=O)[C@@H]3c3ccc(Oc4cccc(C)c4)cc3)cc21. The molecule has 2 aliphatic heterocycles. The quantitative estimate of drug-likeness (QED) is 0.261. The number of benzene rings is 3. The summed E-state index contributed by atoms with van der Waals surface area (Å²) in [7, 11) is 1.73. The number of ether oxygens (including phenoxy) is 4. The second kappa shape index (κ2) is 13.1. The van der Waals surface area contributed by atoms with Crippen molar-refractivity contribution in [3.05, 3.63) is 88.3 Å². The predicted molar refractivity (Wildman–Crippen MR) is 152 cm³/mol. The molecule has 3 aromatic rings. The van der Waals surface area contributed by atoms with Crippen molar-refractivity contribution in [2.24, 2.45) is 5.18 Å². The summed E-state index contributed by atoms with van der Waals surface area (Å²) in [6, 6.07) is 21.7. The van der Waals surface area contributed by atoms with Crippen LogP contribution >= 0.6 is 0 Å². The molecule has 39 heavy (non-hydrogen) atoms. The van der Waals surface area contributed by atoms with Gasteiger partial charge in [-0.1, -0.05) is 35.5 Å². The zero-order valence-corrected chi connectivity index (χ0v) is 22.7. The molecular weight excluding hydrogens is 494 g/mol. The van der Waals surface area contributed by atoms with E-state index in [9.17, 15) is 4.91 Å². The Kier molecular flexibility index (Phi) is 9.08. The van der Waals surface area contributed by atoms with E-state index in [2.05, 4.69) is 27.5 Å². The molecule has 1 saturated heterocycles. The van der Waals surface area contributed by atoms with Gasteiger partial charge in [-0.15, -0.1) is 0 Å². The number of hydrogen-bond donors (Lipinski definition) is 1. The fourth-order valence-corrected chi connectivity index (χ4v) is 5.39. The molecule has 0 amide bonds. The molecule has 3 aromatic carbocycles. The Bertz CT molecular complexity index is 1240. The summed E-state index contributed by atoms with van der Waals surface area (Å²) in [5.41, 5.74) is 4.32. The summed E-state index contributed by atoms with van der Waals surface area (Å²) in [6.45, 7) is 6.83. The van der Waals surface area contributed by atoms with Crippen LogP contribution in [-0.2, 0) is 16.1 Å². The number of nitroso groups, excluding NO2 is 1. The van der Waals surface area contributed by atoms with Crippen molar-refractivity contribution >= 4 is 5.69 Å². The van der Waals surface area contributed by atoms with E-state index in [0.29, 0.717) is 26.3 Å². The second-order valence-electron chi connectivity index (χ2n) is 10.2. The Labute approximate surface area is 230 Å². The molecule has 0 radical (unpaired) electrons. The lowest BCUT2D eigenvalue weighted by Crippen LogP contribution is -2.48. The van der Waals surface area contributed by atoms with Gasteiger partial charge in [-0.05, 0) is 66.4 Å². The summed E-state index contributed by atoms with van der Waals surface area (Å²) in [4.78, 5) is 14.2. The third-order valence-electron chi connectivity index (χ3n) is 7.36. The lowest BCUT2D eigenvalue weighted by atomic mass is 9.84. The lowest BCUT2D eigenvalue weighted by Gasteiger charge is -2.36. The molecule has 0 bridgehead atoms. The molecular formula is C31H37N3O5. The van der Waals surface area contributed by atoms with Crippen molar-refractivity contribution < 1.29 is 18.9 Å². The zero-order chi connectivity index (χ0) is 27.0. The van der Waals surface area contributed by atoms with Gasteiger partial charge in [-0.2, -0.15) is 4.91 Å². The fraction of sp³-hybridized carbons (Fsp3) is 0.419. The normalized spacial score (nSPS) is 20.7. The van der Waals surface area contributed by atoms with E-state index in [4.69, 9.17) is 18.9 Å². The summed E-state index contributed by atoms with van der Waals surface area (Å²) in [5.74, 6) is 2.30. The van der Waals surface area contributed by atoms with E-state index >= 15 is 0 Å². The molecule has 0 aliphatic carbocycles. The van der Waals surface area contributed by atoms with Crippen molar-refractivity contribution in [3.63, 3.8) is 0 Å². The summed E-state index contributed by atoms with van der Waals surface area (Å²) >= 11 is 0. The van der Waals surface area contributed by atoms with Crippen LogP contribution in [-0.4, -0.2) is 58.6 Å². The highest BCUT2D eigenvalue weighted by atomic mass is 16.5. The number of nitrogens with zero attached hydrogens (tertiary/aromatic N) is 2. The van der Waals surface area contributed by atoms with Gasteiger partial charge in [-0.25, -0.2) is 0 Å². The van der Waals surface area contributed by atoms with Crippen molar-refractivity contribution in [3.8, 4) is 17.2 Å². The van der Waals surface area contributed by atoms with Gasteiger partial charge in [0.05, 0.1) is 24.9 Å². The number of hydrogen-bond acceptors (Lipinski definition) is 8. The molecule has 0 spiro atoms. The van der Waals surface area contributed by atoms with E-state index in [1.165, 1.54) is 0 Å². The van der Waals surface area contributed by atoms with Crippen LogP contribution in [0.5, 0.6) is 17.2 Å². The monoisotopic (exact) mass is 531 g/mol. The van der Waals surface area contributed by atoms with E-state index in [1.807, 2.05) is 61.5 Å². The maximum Gasteiger partial charge on any atom is 0.142 e. The molecule has 0 saturated carbocycles. The van der Waals surface area contributed by atoms with Crippen LogP contribution in [0.15, 0.2) is 71.9 Å². The molecule has 5 rings (SSSR count). The molecule has 0 unspecified atom stereocenters. The fourth-order valence-electron chi connectivity index (χ4n) is 5.39. The van der Waals surface area contributed by atoms with Gasteiger partial charge < -0.3 is 29.2 Å². The van der Waals surface area contributed by atoms with E-state index in [-0.39, 0.29) is 12.0 Å². The van der Waals surface area contributed by atoms with Crippen LogP contribution in [0.1, 0.15) is 29.0 Å². The molecule has 3 atom stereocenters. The van der Waals surface area contributed by atoms with Gasteiger partial charge in [0.15, 0.2) is 0 Å². The standard InChI is InChI=1S/C31H37N3O5/c1-22-5-3-6-26(17-22)39-25-10-8-24(9-11-25)31-27(33-35)19-32-20-30(31)38-21-23-7-12-29-28(18-23)34(14-16-37-29)13-4-15-36-2/h3,5-12,17-18,27,30-32H,4,13-16,19-21H2,1-2H3/t27-,30+,31+/m1/s1. The highest BCUT2D eigenvalue weighted by molar-refractivity contribution is 5.61. The van der Waals surface area contributed by atoms with Crippen molar-refractivity contribution in [2.75, 3.05) is 51.4 Å². The molecule has 206 valence electrons. The highest BCUT2D eigenvalue weighted by Gasteiger charge is 2.36. The number of aryl methyl sites for hydroxylation is 1. The average molecular weight is 532 g/mol. The van der Waals surface area contributed by atoms with Crippen molar-refractivity contribution in [1.82, 2.24) is 5.32 Å². The number of piperidine rings is 1. The molecule has 1 N–H and O–H groups in total. The van der Waals surface area contributed by atoms with Gasteiger partial charge >= 0.3 is 0 Å². The van der Waals surface area contributed by atoms with E-state index in [0.717, 1.165) is 65.7 Å². The zero-order valence-electron chi connectivity index (χ0n) is 22.7. The van der Waals surface area contributed by atoms with Crippen LogP contribution < -0.4 is 19.7 Å². The third-order valence-corrected chi connectivity index (χ3v) is 7.36. The maximum absolute atomic E-state index is 11.8. The molecule has 1 fully saturated rings. The van der Waals surface area contributed by atoms with E-state index in [1.54, 1.807) is 7.11 Å². The summed E-state index contributed by atoms with van der Waals surface area (Å²) in [5, 5.41) is 6.78. The Morgan fingerprint density at radius 2 is 1.92 bits per heavy atom. The maximum atomic E-state index is 11.8. The molecule has 8 heteroatoms.